The lowest BCUT2D eigenvalue weighted by Crippen LogP contribution is -2.10. The van der Waals surface area contributed by atoms with Crippen molar-refractivity contribution in [1.82, 2.24) is 9.55 Å². The van der Waals surface area contributed by atoms with Gasteiger partial charge in [-0.05, 0) is 19.1 Å². The maximum absolute atomic E-state index is 12.4. The Morgan fingerprint density at radius 2 is 2.10 bits per heavy atom. The average molecular weight is 274 g/mol. The Labute approximate surface area is 118 Å². The molecule has 1 heterocycles. The van der Waals surface area contributed by atoms with Crippen LogP contribution >= 0.6 is 0 Å². The van der Waals surface area contributed by atoms with Crippen molar-refractivity contribution in [3.8, 4) is 11.5 Å². The number of imidazole rings is 1. The average Bonchev–Trinajstić information content (AvgIpc) is 2.93. The highest BCUT2D eigenvalue weighted by Crippen LogP contribution is 2.25. The van der Waals surface area contributed by atoms with Gasteiger partial charge in [0.15, 0.2) is 5.78 Å². The number of Topliss-reactive ketones (excluding diaryl/α,β-unsaturated/α-hetero) is 1. The number of rotatable bonds is 6. The van der Waals surface area contributed by atoms with Crippen molar-refractivity contribution >= 4 is 5.78 Å². The molecule has 0 fully saturated rings. The van der Waals surface area contributed by atoms with Gasteiger partial charge >= 0.3 is 0 Å². The van der Waals surface area contributed by atoms with Crippen molar-refractivity contribution in [2.24, 2.45) is 0 Å². The van der Waals surface area contributed by atoms with E-state index in [0.717, 1.165) is 12.4 Å². The van der Waals surface area contributed by atoms with Crippen molar-refractivity contribution in [3.05, 3.63) is 42.0 Å². The predicted octanol–water partition coefficient (Wildman–Crippen LogP) is 2.35. The molecule has 2 rings (SSSR count). The van der Waals surface area contributed by atoms with Gasteiger partial charge in [-0.2, -0.15) is 0 Å². The van der Waals surface area contributed by atoms with Crippen LogP contribution in [0.4, 0.5) is 0 Å². The molecular weight excluding hydrogens is 256 g/mol. The first-order valence-electron chi connectivity index (χ1n) is 6.44. The van der Waals surface area contributed by atoms with Crippen molar-refractivity contribution in [2.75, 3.05) is 14.2 Å². The highest BCUT2D eigenvalue weighted by molar-refractivity contribution is 5.99. The number of carbonyl (C=O) groups is 1. The molecule has 0 saturated carbocycles. The number of benzene rings is 1. The zero-order valence-corrected chi connectivity index (χ0v) is 11.9. The lowest BCUT2D eigenvalue weighted by Gasteiger charge is -2.10. The largest absolute Gasteiger partial charge is 0.497 e. The van der Waals surface area contributed by atoms with Gasteiger partial charge < -0.3 is 14.0 Å². The van der Waals surface area contributed by atoms with Crippen molar-refractivity contribution in [2.45, 2.75) is 19.9 Å². The Kier molecular flexibility index (Phi) is 4.40. The second-order valence-electron chi connectivity index (χ2n) is 4.30. The fourth-order valence-electron chi connectivity index (χ4n) is 2.06. The SMILES string of the molecule is CCn1ccnc1CC(=O)c1ccc(OC)cc1OC. The molecule has 2 aromatic rings. The minimum absolute atomic E-state index is 0.0228. The van der Waals surface area contributed by atoms with Crippen LogP contribution in [0, 0.1) is 0 Å². The third-order valence-corrected chi connectivity index (χ3v) is 3.17. The van der Waals surface area contributed by atoms with E-state index < -0.39 is 0 Å². The molecular formula is C15H18N2O3. The number of ether oxygens (including phenoxy) is 2. The van der Waals surface area contributed by atoms with Gasteiger partial charge in [0.05, 0.1) is 26.2 Å². The molecule has 0 spiro atoms. The number of ketones is 1. The molecule has 106 valence electrons. The second-order valence-corrected chi connectivity index (χ2v) is 4.30. The summed E-state index contributed by atoms with van der Waals surface area (Å²) in [6.45, 7) is 2.81. The standard InChI is InChI=1S/C15H18N2O3/c1-4-17-8-7-16-15(17)10-13(18)12-6-5-11(19-2)9-14(12)20-3/h5-9H,4,10H2,1-3H3. The summed E-state index contributed by atoms with van der Waals surface area (Å²) in [5.74, 6) is 1.91. The smallest absolute Gasteiger partial charge is 0.174 e. The minimum atomic E-state index is -0.0228. The molecule has 0 aliphatic carbocycles. The van der Waals surface area contributed by atoms with Gasteiger partial charge in [0, 0.05) is 25.0 Å². The Hall–Kier alpha value is -2.30. The number of aryl methyl sites for hydroxylation is 1. The summed E-state index contributed by atoms with van der Waals surface area (Å²) in [5, 5.41) is 0. The number of methoxy groups -OCH3 is 2. The molecule has 0 radical (unpaired) electrons. The van der Waals surface area contributed by atoms with Crippen LogP contribution in [0.2, 0.25) is 0 Å². The van der Waals surface area contributed by atoms with Crippen LogP contribution in [0.3, 0.4) is 0 Å². The number of carbonyl (C=O) groups excluding carboxylic acids is 1. The van der Waals surface area contributed by atoms with E-state index in [1.165, 1.54) is 0 Å². The minimum Gasteiger partial charge on any atom is -0.497 e. The van der Waals surface area contributed by atoms with E-state index >= 15 is 0 Å². The van der Waals surface area contributed by atoms with Crippen molar-refractivity contribution in [3.63, 3.8) is 0 Å². The highest BCUT2D eigenvalue weighted by atomic mass is 16.5. The van der Waals surface area contributed by atoms with E-state index in [9.17, 15) is 4.79 Å². The summed E-state index contributed by atoms with van der Waals surface area (Å²) in [6, 6.07) is 5.18. The van der Waals surface area contributed by atoms with Gasteiger partial charge in [-0.15, -0.1) is 0 Å². The summed E-state index contributed by atoms with van der Waals surface area (Å²) >= 11 is 0. The molecule has 0 unspecified atom stereocenters. The predicted molar refractivity (Wildman–Crippen MR) is 75.5 cm³/mol. The zero-order valence-electron chi connectivity index (χ0n) is 11.9. The molecule has 20 heavy (non-hydrogen) atoms. The van der Waals surface area contributed by atoms with Crippen LogP contribution in [0.5, 0.6) is 11.5 Å². The van der Waals surface area contributed by atoms with E-state index in [1.807, 2.05) is 17.7 Å². The first-order chi connectivity index (χ1) is 9.69. The van der Waals surface area contributed by atoms with Gasteiger partial charge in [-0.1, -0.05) is 0 Å². The molecule has 0 atom stereocenters. The van der Waals surface area contributed by atoms with Crippen LogP contribution in [0.15, 0.2) is 30.6 Å². The summed E-state index contributed by atoms with van der Waals surface area (Å²) in [5.41, 5.74) is 0.541. The van der Waals surface area contributed by atoms with Crippen LogP contribution < -0.4 is 9.47 Å². The van der Waals surface area contributed by atoms with Gasteiger partial charge in [0.25, 0.3) is 0 Å². The van der Waals surface area contributed by atoms with E-state index in [0.29, 0.717) is 17.1 Å². The maximum atomic E-state index is 12.4. The number of hydrogen-bond acceptors (Lipinski definition) is 4. The van der Waals surface area contributed by atoms with Gasteiger partial charge in [0.2, 0.25) is 0 Å². The molecule has 1 aromatic carbocycles. The van der Waals surface area contributed by atoms with E-state index in [2.05, 4.69) is 4.98 Å². The quantitative estimate of drug-likeness (QED) is 0.759. The summed E-state index contributed by atoms with van der Waals surface area (Å²) < 4.78 is 12.3. The molecule has 0 bridgehead atoms. The monoisotopic (exact) mass is 274 g/mol. The summed E-state index contributed by atoms with van der Waals surface area (Å²) in [7, 11) is 3.12. The first kappa shape index (κ1) is 14.1. The molecule has 5 nitrogen and oxygen atoms in total. The van der Waals surface area contributed by atoms with Crippen molar-refractivity contribution < 1.29 is 14.3 Å². The topological polar surface area (TPSA) is 53.4 Å². The maximum Gasteiger partial charge on any atom is 0.174 e. The van der Waals surface area contributed by atoms with Gasteiger partial charge in [-0.3, -0.25) is 4.79 Å². The number of hydrogen-bond donors (Lipinski definition) is 0. The van der Waals surface area contributed by atoms with Crippen LogP contribution in [0.1, 0.15) is 23.1 Å². The lowest BCUT2D eigenvalue weighted by atomic mass is 10.1. The second kappa shape index (κ2) is 6.23. The molecule has 0 amide bonds. The van der Waals surface area contributed by atoms with Gasteiger partial charge in [-0.25, -0.2) is 4.98 Å². The molecule has 0 aliphatic heterocycles. The third kappa shape index (κ3) is 2.82. The van der Waals surface area contributed by atoms with Crippen molar-refractivity contribution in [1.29, 1.82) is 0 Å². The van der Waals surface area contributed by atoms with Crippen LogP contribution in [0.25, 0.3) is 0 Å². The Morgan fingerprint density at radius 1 is 1.30 bits per heavy atom. The van der Waals surface area contributed by atoms with E-state index in [-0.39, 0.29) is 12.2 Å². The number of aromatic nitrogens is 2. The Morgan fingerprint density at radius 3 is 2.75 bits per heavy atom. The fraction of sp³-hybridized carbons (Fsp3) is 0.333. The van der Waals surface area contributed by atoms with Crippen LogP contribution in [-0.2, 0) is 13.0 Å². The first-order valence-corrected chi connectivity index (χ1v) is 6.44. The van der Waals surface area contributed by atoms with E-state index in [4.69, 9.17) is 9.47 Å². The molecule has 0 aliphatic rings. The summed E-state index contributed by atoms with van der Waals surface area (Å²) in [4.78, 5) is 16.6. The molecule has 0 saturated heterocycles. The molecule has 5 heteroatoms. The van der Waals surface area contributed by atoms with Crippen LogP contribution in [-0.4, -0.2) is 29.6 Å². The van der Waals surface area contributed by atoms with Gasteiger partial charge in [0.1, 0.15) is 17.3 Å². The number of nitrogens with zero attached hydrogens (tertiary/aromatic N) is 2. The molecule has 1 aromatic heterocycles. The Balaban J connectivity index is 2.25. The lowest BCUT2D eigenvalue weighted by molar-refractivity contribution is 0.0987. The normalized spacial score (nSPS) is 10.3. The van der Waals surface area contributed by atoms with E-state index in [1.54, 1.807) is 38.6 Å². The third-order valence-electron chi connectivity index (χ3n) is 3.17. The Bertz CT molecular complexity index is 605. The zero-order chi connectivity index (χ0) is 14.5. The fourth-order valence-corrected chi connectivity index (χ4v) is 2.06. The summed E-state index contributed by atoms with van der Waals surface area (Å²) in [6.07, 6.45) is 3.83. The molecule has 0 N–H and O–H groups in total. The highest BCUT2D eigenvalue weighted by Gasteiger charge is 2.16.